The van der Waals surface area contributed by atoms with Gasteiger partial charge in [0.15, 0.2) is 0 Å². The molecule has 3 aromatic carbocycles. The molecule has 0 aliphatic heterocycles. The number of ether oxygens (including phenoxy) is 1. The highest BCUT2D eigenvalue weighted by Crippen LogP contribution is 2.37. The molecule has 4 rings (SSSR count). The molecule has 1 heterocycles. The Labute approximate surface area is 164 Å². The summed E-state index contributed by atoms with van der Waals surface area (Å²) in [5.41, 5.74) is 2.96. The number of para-hydroxylation sites is 1. The molecule has 27 heavy (non-hydrogen) atoms. The quantitative estimate of drug-likeness (QED) is 0.431. The summed E-state index contributed by atoms with van der Waals surface area (Å²) in [6.45, 7) is 0. The summed E-state index contributed by atoms with van der Waals surface area (Å²) in [5.74, 6) is 0.629. The second-order valence-corrected chi connectivity index (χ2v) is 6.82. The van der Waals surface area contributed by atoms with Gasteiger partial charge in [0.05, 0.1) is 12.8 Å². The lowest BCUT2D eigenvalue weighted by Gasteiger charge is -2.07. The van der Waals surface area contributed by atoms with E-state index >= 15 is 0 Å². The smallest absolute Gasteiger partial charge is 0.292 e. The zero-order chi connectivity index (χ0) is 18.8. The predicted molar refractivity (Wildman–Crippen MR) is 110 cm³/mol. The number of hydrogen-bond acceptors (Lipinski definition) is 3. The van der Waals surface area contributed by atoms with Crippen molar-refractivity contribution in [2.24, 2.45) is 0 Å². The van der Waals surface area contributed by atoms with Crippen LogP contribution in [0.15, 0.2) is 81.7 Å². The van der Waals surface area contributed by atoms with Crippen LogP contribution in [0.5, 0.6) is 5.75 Å². The molecule has 0 aliphatic carbocycles. The maximum atomic E-state index is 13.0. The van der Waals surface area contributed by atoms with Crippen molar-refractivity contribution in [3.63, 3.8) is 0 Å². The van der Waals surface area contributed by atoms with Gasteiger partial charge in [-0.05, 0) is 45.8 Å². The zero-order valence-corrected chi connectivity index (χ0v) is 16.1. The summed E-state index contributed by atoms with van der Waals surface area (Å²) in [6, 6.07) is 22.8. The van der Waals surface area contributed by atoms with Gasteiger partial charge in [-0.25, -0.2) is 0 Å². The standard InChI is InChI=1S/C22H16BrNO3/c1-26-15-11-12-16-19(13-15)27-21(20(16)14-7-3-2-4-8-14)22(25)24-18-10-6-5-9-17(18)23/h2-13H,1H3,(H,24,25). The third-order valence-electron chi connectivity index (χ3n) is 4.29. The van der Waals surface area contributed by atoms with E-state index in [2.05, 4.69) is 21.2 Å². The van der Waals surface area contributed by atoms with E-state index in [9.17, 15) is 4.79 Å². The number of benzene rings is 3. The number of amides is 1. The van der Waals surface area contributed by atoms with E-state index in [-0.39, 0.29) is 11.7 Å². The number of halogens is 1. The van der Waals surface area contributed by atoms with Gasteiger partial charge in [0.25, 0.3) is 5.91 Å². The highest BCUT2D eigenvalue weighted by Gasteiger charge is 2.22. The second kappa shape index (κ2) is 7.29. The van der Waals surface area contributed by atoms with Crippen LogP contribution in [-0.4, -0.2) is 13.0 Å². The van der Waals surface area contributed by atoms with Crippen molar-refractivity contribution in [3.8, 4) is 16.9 Å². The minimum atomic E-state index is -0.309. The molecular weight excluding hydrogens is 406 g/mol. The SMILES string of the molecule is COc1ccc2c(-c3ccccc3)c(C(=O)Nc3ccccc3Br)oc2c1. The minimum Gasteiger partial charge on any atom is -0.497 e. The molecule has 1 N–H and O–H groups in total. The van der Waals surface area contributed by atoms with Crippen molar-refractivity contribution < 1.29 is 13.9 Å². The van der Waals surface area contributed by atoms with Crippen LogP contribution in [0.1, 0.15) is 10.6 Å². The molecule has 0 atom stereocenters. The zero-order valence-electron chi connectivity index (χ0n) is 14.5. The van der Waals surface area contributed by atoms with Gasteiger partial charge in [-0.1, -0.05) is 42.5 Å². The molecule has 0 saturated heterocycles. The molecule has 0 bridgehead atoms. The molecule has 0 fully saturated rings. The van der Waals surface area contributed by atoms with Gasteiger partial charge in [-0.15, -0.1) is 0 Å². The molecule has 0 unspecified atom stereocenters. The van der Waals surface area contributed by atoms with Gasteiger partial charge in [-0.3, -0.25) is 4.79 Å². The van der Waals surface area contributed by atoms with Gasteiger partial charge >= 0.3 is 0 Å². The molecular formula is C22H16BrNO3. The first kappa shape index (κ1) is 17.4. The van der Waals surface area contributed by atoms with Crippen molar-refractivity contribution in [3.05, 3.63) is 83.0 Å². The van der Waals surface area contributed by atoms with Crippen LogP contribution in [0.3, 0.4) is 0 Å². The Morgan fingerprint density at radius 1 is 1.00 bits per heavy atom. The molecule has 4 nitrogen and oxygen atoms in total. The van der Waals surface area contributed by atoms with E-state index in [0.29, 0.717) is 17.0 Å². The Kier molecular flexibility index (Phi) is 4.69. The number of rotatable bonds is 4. The molecule has 1 amide bonds. The van der Waals surface area contributed by atoms with Crippen LogP contribution in [0, 0.1) is 0 Å². The number of furan rings is 1. The lowest BCUT2D eigenvalue weighted by Crippen LogP contribution is -2.12. The van der Waals surface area contributed by atoms with E-state index in [1.807, 2.05) is 66.7 Å². The van der Waals surface area contributed by atoms with Crippen LogP contribution < -0.4 is 10.1 Å². The van der Waals surface area contributed by atoms with Gasteiger partial charge in [0.2, 0.25) is 5.76 Å². The number of carbonyl (C=O) groups excluding carboxylic acids is 1. The van der Waals surface area contributed by atoms with Gasteiger partial charge < -0.3 is 14.5 Å². The first-order valence-corrected chi connectivity index (χ1v) is 9.18. The monoisotopic (exact) mass is 421 g/mol. The lowest BCUT2D eigenvalue weighted by atomic mass is 10.0. The molecule has 0 aliphatic rings. The van der Waals surface area contributed by atoms with E-state index < -0.39 is 0 Å². The Balaban J connectivity index is 1.86. The maximum Gasteiger partial charge on any atom is 0.292 e. The van der Waals surface area contributed by atoms with E-state index in [4.69, 9.17) is 9.15 Å². The van der Waals surface area contributed by atoms with Gasteiger partial charge in [0.1, 0.15) is 11.3 Å². The highest BCUT2D eigenvalue weighted by atomic mass is 79.9. The van der Waals surface area contributed by atoms with Crippen LogP contribution >= 0.6 is 15.9 Å². The Morgan fingerprint density at radius 2 is 1.74 bits per heavy atom. The third kappa shape index (κ3) is 3.34. The summed E-state index contributed by atoms with van der Waals surface area (Å²) in [7, 11) is 1.60. The fraction of sp³-hybridized carbons (Fsp3) is 0.0455. The van der Waals surface area contributed by atoms with Gasteiger partial charge in [-0.2, -0.15) is 0 Å². The number of fused-ring (bicyclic) bond motifs is 1. The van der Waals surface area contributed by atoms with Crippen LogP contribution in [0.4, 0.5) is 5.69 Å². The lowest BCUT2D eigenvalue weighted by molar-refractivity contribution is 0.0999. The topological polar surface area (TPSA) is 51.5 Å². The van der Waals surface area contributed by atoms with Crippen molar-refractivity contribution in [2.75, 3.05) is 12.4 Å². The molecule has 5 heteroatoms. The summed E-state index contributed by atoms with van der Waals surface area (Å²) in [4.78, 5) is 13.0. The molecule has 134 valence electrons. The fourth-order valence-corrected chi connectivity index (χ4v) is 3.38. The van der Waals surface area contributed by atoms with Crippen molar-refractivity contribution in [2.45, 2.75) is 0 Å². The summed E-state index contributed by atoms with van der Waals surface area (Å²) in [5, 5.41) is 3.78. The highest BCUT2D eigenvalue weighted by molar-refractivity contribution is 9.10. The largest absolute Gasteiger partial charge is 0.497 e. The average Bonchev–Trinajstić information content (AvgIpc) is 3.09. The fourth-order valence-electron chi connectivity index (χ4n) is 3.00. The predicted octanol–water partition coefficient (Wildman–Crippen LogP) is 6.12. The Morgan fingerprint density at radius 3 is 2.48 bits per heavy atom. The molecule has 1 aromatic heterocycles. The van der Waals surface area contributed by atoms with E-state index in [1.54, 1.807) is 13.2 Å². The Bertz CT molecular complexity index is 1120. The van der Waals surface area contributed by atoms with Crippen LogP contribution in [0.25, 0.3) is 22.1 Å². The van der Waals surface area contributed by atoms with Crippen molar-refractivity contribution in [1.29, 1.82) is 0 Å². The molecule has 0 spiro atoms. The van der Waals surface area contributed by atoms with Crippen LogP contribution in [-0.2, 0) is 0 Å². The van der Waals surface area contributed by atoms with E-state index in [1.165, 1.54) is 0 Å². The summed E-state index contributed by atoms with van der Waals surface area (Å²) in [6.07, 6.45) is 0. The number of hydrogen-bond donors (Lipinski definition) is 1. The summed E-state index contributed by atoms with van der Waals surface area (Å²) < 4.78 is 12.0. The molecule has 0 saturated carbocycles. The average molecular weight is 422 g/mol. The Hall–Kier alpha value is -3.05. The van der Waals surface area contributed by atoms with Crippen LogP contribution in [0.2, 0.25) is 0 Å². The molecule has 4 aromatic rings. The third-order valence-corrected chi connectivity index (χ3v) is 4.98. The van der Waals surface area contributed by atoms with Crippen molar-refractivity contribution >= 4 is 38.5 Å². The normalized spacial score (nSPS) is 10.7. The van der Waals surface area contributed by atoms with Crippen molar-refractivity contribution in [1.82, 2.24) is 0 Å². The number of anilines is 1. The number of methoxy groups -OCH3 is 1. The second-order valence-electron chi connectivity index (χ2n) is 5.97. The number of nitrogens with one attached hydrogen (secondary N) is 1. The van der Waals surface area contributed by atoms with E-state index in [0.717, 1.165) is 21.0 Å². The summed E-state index contributed by atoms with van der Waals surface area (Å²) >= 11 is 3.45. The van der Waals surface area contributed by atoms with Gasteiger partial charge in [0, 0.05) is 21.5 Å². The first-order valence-electron chi connectivity index (χ1n) is 8.39. The number of carbonyl (C=O) groups is 1. The maximum absolute atomic E-state index is 13.0. The minimum absolute atomic E-state index is 0.264. The first-order chi connectivity index (χ1) is 13.2. The molecule has 0 radical (unpaired) electrons.